The van der Waals surface area contributed by atoms with Crippen LogP contribution in [0, 0.1) is 16.7 Å². The Bertz CT molecular complexity index is 321. The molecular weight excluding hydrogens is 226 g/mol. The van der Waals surface area contributed by atoms with E-state index in [4.69, 9.17) is 0 Å². The van der Waals surface area contributed by atoms with Gasteiger partial charge in [-0.25, -0.2) is 0 Å². The molecule has 0 aromatic carbocycles. The number of hydrogen-bond donors (Lipinski definition) is 1. The van der Waals surface area contributed by atoms with Crippen LogP contribution >= 0.6 is 0 Å². The first kappa shape index (κ1) is 13.9. The number of carboxylic acids is 1. The first-order chi connectivity index (χ1) is 8.33. The Morgan fingerprint density at radius 2 is 2.17 bits per heavy atom. The van der Waals surface area contributed by atoms with Crippen molar-refractivity contribution in [3.63, 3.8) is 0 Å². The molecule has 0 unspecified atom stereocenters. The molecule has 0 aromatic heterocycles. The van der Waals surface area contributed by atoms with Gasteiger partial charge in [-0.1, -0.05) is 27.2 Å². The number of aliphatic carboxylic acids is 1. The fourth-order valence-corrected chi connectivity index (χ4v) is 3.75. The topological polar surface area (TPSA) is 40.5 Å². The van der Waals surface area contributed by atoms with Crippen molar-refractivity contribution in [2.75, 3.05) is 19.6 Å². The summed E-state index contributed by atoms with van der Waals surface area (Å²) in [5.74, 6) is -0.145. The van der Waals surface area contributed by atoms with Gasteiger partial charge in [0.25, 0.3) is 0 Å². The van der Waals surface area contributed by atoms with Crippen LogP contribution in [-0.4, -0.2) is 35.6 Å². The molecule has 0 bridgehead atoms. The summed E-state index contributed by atoms with van der Waals surface area (Å²) in [4.78, 5) is 13.9. The molecule has 18 heavy (non-hydrogen) atoms. The van der Waals surface area contributed by atoms with Gasteiger partial charge in [-0.15, -0.1) is 0 Å². The predicted molar refractivity (Wildman–Crippen MR) is 72.5 cm³/mol. The molecule has 3 heteroatoms. The van der Waals surface area contributed by atoms with E-state index in [-0.39, 0.29) is 0 Å². The minimum Gasteiger partial charge on any atom is -0.481 e. The summed E-state index contributed by atoms with van der Waals surface area (Å²) >= 11 is 0. The van der Waals surface area contributed by atoms with Crippen LogP contribution in [0.2, 0.25) is 0 Å². The lowest BCUT2D eigenvalue weighted by atomic mass is 9.81. The second-order valence-electron chi connectivity index (χ2n) is 7.45. The second-order valence-corrected chi connectivity index (χ2v) is 7.45. The average Bonchev–Trinajstić information content (AvgIpc) is 2.72. The van der Waals surface area contributed by atoms with Gasteiger partial charge in [-0.05, 0) is 43.6 Å². The van der Waals surface area contributed by atoms with E-state index in [1.165, 1.54) is 12.8 Å². The molecule has 3 nitrogen and oxygen atoms in total. The first-order valence-electron chi connectivity index (χ1n) is 7.29. The number of likely N-dealkylation sites (tertiary alicyclic amines) is 1. The molecule has 1 N–H and O–H groups in total. The Morgan fingerprint density at radius 3 is 2.72 bits per heavy atom. The smallest absolute Gasteiger partial charge is 0.311 e. The molecule has 0 radical (unpaired) electrons. The van der Waals surface area contributed by atoms with E-state index in [0.29, 0.717) is 11.3 Å². The monoisotopic (exact) mass is 253 g/mol. The van der Waals surface area contributed by atoms with Gasteiger partial charge in [0, 0.05) is 13.1 Å². The number of rotatable bonds is 4. The van der Waals surface area contributed by atoms with Crippen LogP contribution in [-0.2, 0) is 4.79 Å². The second kappa shape index (κ2) is 4.84. The van der Waals surface area contributed by atoms with Crippen LogP contribution in [0.5, 0.6) is 0 Å². The largest absolute Gasteiger partial charge is 0.481 e. The fourth-order valence-electron chi connectivity index (χ4n) is 3.75. The maximum absolute atomic E-state index is 11.6. The fraction of sp³-hybridized carbons (Fsp3) is 0.933. The Hall–Kier alpha value is -0.570. The highest BCUT2D eigenvalue weighted by molar-refractivity contribution is 5.76. The maximum atomic E-state index is 11.6. The maximum Gasteiger partial charge on any atom is 0.311 e. The predicted octanol–water partition coefficient (Wildman–Crippen LogP) is 3.00. The van der Waals surface area contributed by atoms with E-state index in [9.17, 15) is 9.90 Å². The molecule has 1 aliphatic heterocycles. The van der Waals surface area contributed by atoms with Crippen molar-refractivity contribution in [3.05, 3.63) is 0 Å². The minimum atomic E-state index is -0.552. The van der Waals surface area contributed by atoms with Crippen LogP contribution in [0.25, 0.3) is 0 Å². The van der Waals surface area contributed by atoms with Crippen LogP contribution in [0.3, 0.4) is 0 Å². The summed E-state index contributed by atoms with van der Waals surface area (Å²) in [5, 5.41) is 9.52. The summed E-state index contributed by atoms with van der Waals surface area (Å²) in [6.07, 6.45) is 5.51. The van der Waals surface area contributed by atoms with Crippen LogP contribution in [0.15, 0.2) is 0 Å². The standard InChI is InChI=1S/C15H27NO2/c1-14(2,3)7-5-9-16-10-12-6-4-8-15(12,11-16)13(17)18/h12H,4-11H2,1-3H3,(H,17,18)/t12-,15+/m0/s1. The van der Waals surface area contributed by atoms with E-state index in [1.807, 2.05) is 0 Å². The van der Waals surface area contributed by atoms with E-state index < -0.39 is 11.4 Å². The molecule has 0 amide bonds. The van der Waals surface area contributed by atoms with Gasteiger partial charge < -0.3 is 10.0 Å². The van der Waals surface area contributed by atoms with Crippen LogP contribution in [0.4, 0.5) is 0 Å². The molecule has 0 spiro atoms. The van der Waals surface area contributed by atoms with Crippen molar-refractivity contribution in [3.8, 4) is 0 Å². The quantitative estimate of drug-likeness (QED) is 0.837. The van der Waals surface area contributed by atoms with Crippen molar-refractivity contribution < 1.29 is 9.90 Å². The van der Waals surface area contributed by atoms with Gasteiger partial charge in [0.1, 0.15) is 0 Å². The molecule has 1 heterocycles. The molecule has 2 aliphatic rings. The molecule has 1 saturated carbocycles. The summed E-state index contributed by atoms with van der Waals surface area (Å²) in [7, 11) is 0. The lowest BCUT2D eigenvalue weighted by Gasteiger charge is -2.24. The van der Waals surface area contributed by atoms with Crippen molar-refractivity contribution >= 4 is 5.97 Å². The van der Waals surface area contributed by atoms with Crippen molar-refractivity contribution in [2.45, 2.75) is 52.9 Å². The molecule has 1 aliphatic carbocycles. The van der Waals surface area contributed by atoms with E-state index in [1.54, 1.807) is 0 Å². The Balaban J connectivity index is 1.86. The van der Waals surface area contributed by atoms with Crippen molar-refractivity contribution in [1.82, 2.24) is 4.90 Å². The molecular formula is C15H27NO2. The highest BCUT2D eigenvalue weighted by Crippen LogP contribution is 2.48. The molecule has 2 rings (SSSR count). The zero-order valence-corrected chi connectivity index (χ0v) is 12.0. The van der Waals surface area contributed by atoms with E-state index >= 15 is 0 Å². The Kier molecular flexibility index (Phi) is 3.72. The van der Waals surface area contributed by atoms with E-state index in [2.05, 4.69) is 25.7 Å². The number of fused-ring (bicyclic) bond motifs is 1. The summed E-state index contributed by atoms with van der Waals surface area (Å²) in [5.41, 5.74) is -0.0121. The van der Waals surface area contributed by atoms with Gasteiger partial charge in [0.15, 0.2) is 0 Å². The SMILES string of the molecule is CC(C)(C)CCCN1C[C@@H]2CCC[C@@]2(C(=O)O)C1. The third-order valence-corrected chi connectivity index (χ3v) is 4.77. The molecule has 2 fully saturated rings. The third kappa shape index (κ3) is 2.71. The van der Waals surface area contributed by atoms with Gasteiger partial charge >= 0.3 is 5.97 Å². The Morgan fingerprint density at radius 1 is 1.44 bits per heavy atom. The molecule has 1 saturated heterocycles. The third-order valence-electron chi connectivity index (χ3n) is 4.77. The van der Waals surface area contributed by atoms with E-state index in [0.717, 1.165) is 38.9 Å². The summed E-state index contributed by atoms with van der Waals surface area (Å²) < 4.78 is 0. The Labute approximate surface area is 111 Å². The molecule has 104 valence electrons. The highest BCUT2D eigenvalue weighted by atomic mass is 16.4. The average molecular weight is 253 g/mol. The molecule has 0 aromatic rings. The summed E-state index contributed by atoms with van der Waals surface area (Å²) in [6, 6.07) is 0. The number of carbonyl (C=O) groups is 1. The summed E-state index contributed by atoms with van der Waals surface area (Å²) in [6.45, 7) is 9.68. The normalized spacial score (nSPS) is 32.7. The zero-order valence-electron chi connectivity index (χ0n) is 12.0. The van der Waals surface area contributed by atoms with Gasteiger partial charge in [0.05, 0.1) is 5.41 Å². The number of carboxylic acid groups (broad SMARTS) is 1. The van der Waals surface area contributed by atoms with Crippen molar-refractivity contribution in [2.24, 2.45) is 16.7 Å². The lowest BCUT2D eigenvalue weighted by Crippen LogP contribution is -2.35. The van der Waals surface area contributed by atoms with Gasteiger partial charge in [0.2, 0.25) is 0 Å². The van der Waals surface area contributed by atoms with Gasteiger partial charge in [-0.3, -0.25) is 4.79 Å². The van der Waals surface area contributed by atoms with Crippen LogP contribution < -0.4 is 0 Å². The van der Waals surface area contributed by atoms with Gasteiger partial charge in [-0.2, -0.15) is 0 Å². The highest BCUT2D eigenvalue weighted by Gasteiger charge is 2.54. The van der Waals surface area contributed by atoms with Crippen LogP contribution in [0.1, 0.15) is 52.9 Å². The number of hydrogen-bond acceptors (Lipinski definition) is 2. The lowest BCUT2D eigenvalue weighted by molar-refractivity contribution is -0.149. The number of nitrogens with zero attached hydrogens (tertiary/aromatic N) is 1. The first-order valence-corrected chi connectivity index (χ1v) is 7.29. The van der Waals surface area contributed by atoms with Crippen molar-refractivity contribution in [1.29, 1.82) is 0 Å². The zero-order chi connectivity index (χ0) is 13.4. The minimum absolute atomic E-state index is 0.389. The molecule has 2 atom stereocenters.